The van der Waals surface area contributed by atoms with Crippen LogP contribution < -0.4 is 4.74 Å². The van der Waals surface area contributed by atoms with E-state index in [4.69, 9.17) is 4.74 Å². The van der Waals surface area contributed by atoms with E-state index >= 15 is 0 Å². The maximum atomic E-state index is 13.2. The molecule has 122 valence electrons. The Hall–Kier alpha value is -1.74. The van der Waals surface area contributed by atoms with E-state index < -0.39 is 29.6 Å². The van der Waals surface area contributed by atoms with Crippen molar-refractivity contribution in [2.45, 2.75) is 23.7 Å². The Kier molecular flexibility index (Phi) is 4.76. The quantitative estimate of drug-likeness (QED) is 0.762. The second-order valence-corrected chi connectivity index (χ2v) is 6.27. The molecule has 3 rings (SSSR count). The maximum Gasteiger partial charge on any atom is 0.173 e. The fraction of sp³-hybridized carbons (Fsp3) is 0.333. The molecule has 0 spiro atoms. The first-order valence-electron chi connectivity index (χ1n) is 6.94. The molecule has 23 heavy (non-hydrogen) atoms. The van der Waals surface area contributed by atoms with E-state index in [0.717, 1.165) is 6.20 Å². The molecule has 1 fully saturated rings. The average molecular weight is 338 g/mol. The van der Waals surface area contributed by atoms with Gasteiger partial charge in [-0.25, -0.2) is 4.39 Å². The van der Waals surface area contributed by atoms with Gasteiger partial charge >= 0.3 is 0 Å². The predicted molar refractivity (Wildman–Crippen MR) is 82.3 cm³/mol. The smallest absolute Gasteiger partial charge is 0.173 e. The first kappa shape index (κ1) is 16.1. The number of aliphatic hydroxyl groups excluding tert-OH is 3. The number of aromatic nitrogens is 2. The normalized spacial score (nSPS) is 27.7. The molecule has 3 N–H and O–H groups in total. The van der Waals surface area contributed by atoms with Crippen LogP contribution in [-0.2, 0) is 0 Å². The van der Waals surface area contributed by atoms with Crippen molar-refractivity contribution in [3.63, 3.8) is 0 Å². The second-order valence-electron chi connectivity index (χ2n) is 5.14. The Morgan fingerprint density at radius 2 is 1.96 bits per heavy atom. The van der Waals surface area contributed by atoms with Gasteiger partial charge in [0.2, 0.25) is 0 Å². The minimum Gasteiger partial charge on any atom is -0.475 e. The molecule has 1 saturated heterocycles. The summed E-state index contributed by atoms with van der Waals surface area (Å²) in [5.74, 6) is 0.223. The zero-order valence-corrected chi connectivity index (χ0v) is 12.7. The van der Waals surface area contributed by atoms with Gasteiger partial charge in [0.25, 0.3) is 0 Å². The molecule has 3 heterocycles. The van der Waals surface area contributed by atoms with E-state index in [9.17, 15) is 19.7 Å². The summed E-state index contributed by atoms with van der Waals surface area (Å²) in [6.45, 7) is 0. The molecule has 2 aromatic heterocycles. The number of ether oxygens (including phenoxy) is 1. The molecule has 0 radical (unpaired) electrons. The number of rotatable bonds is 3. The molecule has 0 amide bonds. The third-order valence-electron chi connectivity index (χ3n) is 3.44. The van der Waals surface area contributed by atoms with E-state index in [2.05, 4.69) is 9.97 Å². The number of thioether (sulfide) groups is 1. The Balaban J connectivity index is 1.70. The zero-order chi connectivity index (χ0) is 16.4. The molecule has 2 aromatic rings. The summed E-state index contributed by atoms with van der Waals surface area (Å²) in [4.78, 5) is 7.95. The van der Waals surface area contributed by atoms with Gasteiger partial charge in [-0.2, -0.15) is 0 Å². The summed E-state index contributed by atoms with van der Waals surface area (Å²) in [6, 6.07) is 4.61. The molecule has 0 saturated carbocycles. The fourth-order valence-corrected chi connectivity index (χ4v) is 3.31. The lowest BCUT2D eigenvalue weighted by molar-refractivity contribution is -0.0786. The van der Waals surface area contributed by atoms with Crippen LogP contribution in [0.25, 0.3) is 11.3 Å². The molecular formula is C15H15FN2O4S. The van der Waals surface area contributed by atoms with Gasteiger partial charge in [-0.15, -0.1) is 11.8 Å². The van der Waals surface area contributed by atoms with Crippen molar-refractivity contribution >= 4 is 11.8 Å². The largest absolute Gasteiger partial charge is 0.475 e. The highest BCUT2D eigenvalue weighted by atomic mass is 32.2. The fourth-order valence-electron chi connectivity index (χ4n) is 2.19. The van der Waals surface area contributed by atoms with Crippen molar-refractivity contribution in [1.29, 1.82) is 0 Å². The van der Waals surface area contributed by atoms with Gasteiger partial charge in [-0.05, 0) is 18.2 Å². The summed E-state index contributed by atoms with van der Waals surface area (Å²) < 4.78 is 18.8. The molecule has 6 nitrogen and oxygen atoms in total. The van der Waals surface area contributed by atoms with E-state index in [1.54, 1.807) is 12.1 Å². The molecule has 0 bridgehead atoms. The summed E-state index contributed by atoms with van der Waals surface area (Å²) in [5, 5.41) is 29.0. The maximum absolute atomic E-state index is 13.2. The minimum absolute atomic E-state index is 0.267. The lowest BCUT2D eigenvalue weighted by Crippen LogP contribution is -2.50. The molecule has 8 heteroatoms. The van der Waals surface area contributed by atoms with Crippen LogP contribution >= 0.6 is 11.8 Å². The SMILES string of the molecule is O[C@@H]1[C@@H](O)[C@@H](Oc2ccc(-c3cncc(F)c3)nc2)SC[C@H]1O. The minimum atomic E-state index is -1.24. The number of hydrogen-bond donors (Lipinski definition) is 3. The number of aliphatic hydroxyl groups is 3. The summed E-state index contributed by atoms with van der Waals surface area (Å²) in [5.41, 5.74) is 0.385. The molecule has 1 aliphatic rings. The monoisotopic (exact) mass is 338 g/mol. The van der Waals surface area contributed by atoms with Crippen molar-refractivity contribution < 1.29 is 24.4 Å². The Morgan fingerprint density at radius 1 is 1.13 bits per heavy atom. The van der Waals surface area contributed by atoms with Gasteiger partial charge in [0.05, 0.1) is 24.2 Å². The summed E-state index contributed by atoms with van der Waals surface area (Å²) >= 11 is 1.21. The first-order valence-corrected chi connectivity index (χ1v) is 7.99. The third kappa shape index (κ3) is 3.61. The van der Waals surface area contributed by atoms with Crippen LogP contribution in [0, 0.1) is 5.82 Å². The van der Waals surface area contributed by atoms with Crippen LogP contribution in [0.2, 0.25) is 0 Å². The predicted octanol–water partition coefficient (Wildman–Crippen LogP) is 0.817. The van der Waals surface area contributed by atoms with Crippen molar-refractivity contribution in [3.05, 3.63) is 42.6 Å². The molecule has 0 aliphatic carbocycles. The Labute approximate surface area is 136 Å². The van der Waals surface area contributed by atoms with Crippen molar-refractivity contribution in [2.24, 2.45) is 0 Å². The van der Waals surface area contributed by atoms with Crippen LogP contribution in [0.4, 0.5) is 4.39 Å². The van der Waals surface area contributed by atoms with Gasteiger partial charge in [0.1, 0.15) is 23.8 Å². The van der Waals surface area contributed by atoms with Gasteiger partial charge in [-0.3, -0.25) is 9.97 Å². The van der Waals surface area contributed by atoms with Crippen LogP contribution in [0.15, 0.2) is 36.8 Å². The van der Waals surface area contributed by atoms with Crippen molar-refractivity contribution in [1.82, 2.24) is 9.97 Å². The molecular weight excluding hydrogens is 323 g/mol. The highest BCUT2D eigenvalue weighted by Gasteiger charge is 2.38. The lowest BCUT2D eigenvalue weighted by Gasteiger charge is -2.34. The van der Waals surface area contributed by atoms with E-state index in [-0.39, 0.29) is 5.75 Å². The molecule has 0 unspecified atom stereocenters. The first-order chi connectivity index (χ1) is 11.0. The van der Waals surface area contributed by atoms with E-state index in [0.29, 0.717) is 17.0 Å². The molecule has 4 atom stereocenters. The van der Waals surface area contributed by atoms with Crippen molar-refractivity contribution in [2.75, 3.05) is 5.75 Å². The summed E-state index contributed by atoms with van der Waals surface area (Å²) in [6.07, 6.45) is 0.649. The van der Waals surface area contributed by atoms with Gasteiger partial charge < -0.3 is 20.1 Å². The van der Waals surface area contributed by atoms with Crippen LogP contribution in [0.5, 0.6) is 5.75 Å². The lowest BCUT2D eigenvalue weighted by atomic mass is 10.1. The third-order valence-corrected chi connectivity index (χ3v) is 4.68. The average Bonchev–Trinajstić information content (AvgIpc) is 2.56. The summed E-state index contributed by atoms with van der Waals surface area (Å²) in [7, 11) is 0. The Bertz CT molecular complexity index is 673. The van der Waals surface area contributed by atoms with E-state index in [1.165, 1.54) is 30.2 Å². The number of nitrogens with zero attached hydrogens (tertiary/aromatic N) is 2. The van der Waals surface area contributed by atoms with Crippen LogP contribution in [-0.4, -0.2) is 54.8 Å². The molecule has 0 aromatic carbocycles. The number of pyridine rings is 2. The van der Waals surface area contributed by atoms with Crippen LogP contribution in [0.1, 0.15) is 0 Å². The van der Waals surface area contributed by atoms with Crippen molar-refractivity contribution in [3.8, 4) is 17.0 Å². The zero-order valence-electron chi connectivity index (χ0n) is 11.9. The molecule has 1 aliphatic heterocycles. The Morgan fingerprint density at radius 3 is 2.65 bits per heavy atom. The van der Waals surface area contributed by atoms with Crippen LogP contribution in [0.3, 0.4) is 0 Å². The topological polar surface area (TPSA) is 95.7 Å². The second kappa shape index (κ2) is 6.79. The number of halogens is 1. The number of hydrogen-bond acceptors (Lipinski definition) is 7. The van der Waals surface area contributed by atoms with Gasteiger partial charge in [0, 0.05) is 17.5 Å². The highest BCUT2D eigenvalue weighted by molar-refractivity contribution is 7.99. The standard InChI is InChI=1S/C15H15FN2O4S/c16-9-3-8(4-17-5-9)11-2-1-10(6-18-11)22-15-14(21)13(20)12(19)7-23-15/h1-6,12-15,19-21H,7H2/t12-,13+,14-,15+/m1/s1. The van der Waals surface area contributed by atoms with Gasteiger partial charge in [0.15, 0.2) is 5.44 Å². The highest BCUT2D eigenvalue weighted by Crippen LogP contribution is 2.29. The van der Waals surface area contributed by atoms with E-state index in [1.807, 2.05) is 0 Å². The van der Waals surface area contributed by atoms with Gasteiger partial charge in [-0.1, -0.05) is 0 Å².